The van der Waals surface area contributed by atoms with E-state index in [9.17, 15) is 0 Å². The molecule has 0 aliphatic heterocycles. The second-order valence-electron chi connectivity index (χ2n) is 1.41. The van der Waals surface area contributed by atoms with E-state index >= 15 is 0 Å². The van der Waals surface area contributed by atoms with Crippen molar-refractivity contribution in [1.82, 2.24) is 0 Å². The van der Waals surface area contributed by atoms with Crippen LogP contribution in [-0.2, 0) is 0 Å². The van der Waals surface area contributed by atoms with E-state index in [1.807, 2.05) is 30.3 Å². The average Bonchev–Trinajstić information content (AvgIpc) is 1.90. The Kier molecular flexibility index (Phi) is 0.828. The van der Waals surface area contributed by atoms with Crippen LogP contribution < -0.4 is 0 Å². The minimum Gasteiger partial charge on any atom is -0.0622 e. The SMILES string of the molecule is [3H][CH]c1ccccc1. The fraction of sp³-hybridized carbons (Fsp3) is 0. The summed E-state index contributed by atoms with van der Waals surface area (Å²) in [4.78, 5) is 0. The summed E-state index contributed by atoms with van der Waals surface area (Å²) in [6.07, 6.45) is 0. The van der Waals surface area contributed by atoms with E-state index in [1.165, 1.54) is 6.90 Å². The van der Waals surface area contributed by atoms with Crippen molar-refractivity contribution in [1.29, 1.82) is 0 Å². The van der Waals surface area contributed by atoms with Gasteiger partial charge in [0.25, 0.3) is 0 Å². The Morgan fingerprint density at radius 2 is 2.00 bits per heavy atom. The molecule has 0 saturated heterocycles. The molecule has 0 spiro atoms. The van der Waals surface area contributed by atoms with Gasteiger partial charge in [-0.3, -0.25) is 0 Å². The first-order valence-electron chi connectivity index (χ1n) is 2.78. The van der Waals surface area contributed by atoms with E-state index in [0.29, 0.717) is 0 Å². The Bertz CT molecular complexity index is 146. The van der Waals surface area contributed by atoms with Crippen molar-refractivity contribution in [2.45, 2.75) is 0 Å². The van der Waals surface area contributed by atoms with Gasteiger partial charge in [-0.25, -0.2) is 0 Å². The van der Waals surface area contributed by atoms with E-state index in [2.05, 4.69) is 0 Å². The first-order chi connectivity index (χ1) is 3.93. The summed E-state index contributed by atoms with van der Waals surface area (Å²) >= 11 is 0. The minimum absolute atomic E-state index is 0.951. The van der Waals surface area contributed by atoms with Crippen LogP contribution >= 0.6 is 0 Å². The van der Waals surface area contributed by atoms with Crippen molar-refractivity contribution in [2.24, 2.45) is 0 Å². The molecule has 1 aromatic rings. The van der Waals surface area contributed by atoms with Crippen LogP contribution in [0.25, 0.3) is 0 Å². The van der Waals surface area contributed by atoms with Gasteiger partial charge in [0.15, 0.2) is 0 Å². The third-order valence-electron chi connectivity index (χ3n) is 0.800. The van der Waals surface area contributed by atoms with E-state index in [-0.39, 0.29) is 0 Å². The summed E-state index contributed by atoms with van der Waals surface area (Å²) in [7, 11) is 0. The van der Waals surface area contributed by atoms with Gasteiger partial charge >= 0.3 is 0 Å². The first-order valence-corrected chi connectivity index (χ1v) is 2.20. The third kappa shape index (κ3) is 1.04. The Labute approximate surface area is 45.2 Å². The Morgan fingerprint density at radius 1 is 1.29 bits per heavy atom. The highest BCUT2D eigenvalue weighted by molar-refractivity contribution is 5.16. The van der Waals surface area contributed by atoms with Crippen LogP contribution in [0.15, 0.2) is 30.3 Å². The lowest BCUT2D eigenvalue weighted by atomic mass is 10.2. The van der Waals surface area contributed by atoms with Crippen molar-refractivity contribution < 1.29 is 1.37 Å². The molecule has 0 saturated carbocycles. The Hall–Kier alpha value is -0.780. The summed E-state index contributed by atoms with van der Waals surface area (Å²) in [6, 6.07) is 9.56. The number of rotatable bonds is 1. The second kappa shape index (κ2) is 1.78. The molecule has 1 radical (unpaired) electrons. The molecular weight excluding hydrogens is 84.1 g/mol. The van der Waals surface area contributed by atoms with Crippen LogP contribution in [0.4, 0.5) is 0 Å². The van der Waals surface area contributed by atoms with Gasteiger partial charge in [-0.1, -0.05) is 30.3 Å². The lowest BCUT2D eigenvalue weighted by Gasteiger charge is -1.82. The smallest absolute Gasteiger partial charge is 0.0319 e. The molecule has 0 heterocycles. The maximum atomic E-state index is 6.82. The number of hydrogen-bond acceptors (Lipinski definition) is 0. The standard InChI is InChI=1S/C7H7/c1-7-5-3-2-4-6-7/h2-6H,1H2/i1T. The molecule has 0 aliphatic rings. The lowest BCUT2D eigenvalue weighted by molar-refractivity contribution is 1.62. The fourth-order valence-electron chi connectivity index (χ4n) is 0.453. The predicted molar refractivity (Wildman–Crippen MR) is 30.9 cm³/mol. The third-order valence-corrected chi connectivity index (χ3v) is 0.800. The predicted octanol–water partition coefficient (Wildman–Crippen LogP) is 1.87. The molecule has 0 aliphatic carbocycles. The summed E-state index contributed by atoms with van der Waals surface area (Å²) in [6.45, 7) is 1.33. The molecule has 0 aromatic heterocycles. The first kappa shape index (κ1) is 3.25. The molecule has 35 valence electrons. The molecule has 0 atom stereocenters. The normalized spacial score (nSPS) is 10.6. The van der Waals surface area contributed by atoms with Gasteiger partial charge in [-0.2, -0.15) is 0 Å². The van der Waals surface area contributed by atoms with Crippen molar-refractivity contribution in [3.05, 3.63) is 42.8 Å². The van der Waals surface area contributed by atoms with Crippen molar-refractivity contribution in [2.75, 3.05) is 0 Å². The maximum Gasteiger partial charge on any atom is 0.0319 e. The molecule has 0 fully saturated rings. The van der Waals surface area contributed by atoms with Gasteiger partial charge in [0.05, 0.1) is 0 Å². The highest BCUT2D eigenvalue weighted by Gasteiger charge is 1.72. The van der Waals surface area contributed by atoms with Gasteiger partial charge in [0.2, 0.25) is 0 Å². The molecular formula is C7H7. The van der Waals surface area contributed by atoms with Gasteiger partial charge in [-0.15, -0.1) is 0 Å². The van der Waals surface area contributed by atoms with Crippen molar-refractivity contribution in [3.63, 3.8) is 0 Å². The zero-order chi connectivity index (χ0) is 5.82. The maximum absolute atomic E-state index is 6.82. The van der Waals surface area contributed by atoms with E-state index in [1.54, 1.807) is 0 Å². The summed E-state index contributed by atoms with van der Waals surface area (Å²) in [5, 5.41) is 0. The number of hydrogen-bond donors (Lipinski definition) is 0. The molecule has 0 bridgehead atoms. The molecule has 1 rings (SSSR count). The molecule has 0 amide bonds. The fourth-order valence-corrected chi connectivity index (χ4v) is 0.453. The average molecular weight is 93.1 g/mol. The van der Waals surface area contributed by atoms with Gasteiger partial charge < -0.3 is 0 Å². The number of benzene rings is 1. The van der Waals surface area contributed by atoms with Crippen molar-refractivity contribution in [3.8, 4) is 0 Å². The van der Waals surface area contributed by atoms with Crippen LogP contribution in [0.5, 0.6) is 0 Å². The highest BCUT2D eigenvalue weighted by atomic mass is 13.8. The summed E-state index contributed by atoms with van der Waals surface area (Å²) in [5.41, 5.74) is 0.951. The zero-order valence-electron chi connectivity index (χ0n) is 4.96. The second-order valence-corrected chi connectivity index (χ2v) is 1.41. The lowest BCUT2D eigenvalue weighted by Crippen LogP contribution is -1.62. The topological polar surface area (TPSA) is 0 Å². The van der Waals surface area contributed by atoms with E-state index < -0.39 is 0 Å². The van der Waals surface area contributed by atoms with Crippen molar-refractivity contribution >= 4 is 0 Å². The largest absolute Gasteiger partial charge is 0.0622 e. The Morgan fingerprint density at radius 3 is 2.43 bits per heavy atom. The minimum atomic E-state index is 0.951. The quantitative estimate of drug-likeness (QED) is 0.497. The van der Waals surface area contributed by atoms with Crippen LogP contribution in [0.3, 0.4) is 0 Å². The molecule has 0 heteroatoms. The highest BCUT2D eigenvalue weighted by Crippen LogP contribution is 1.92. The summed E-state index contributed by atoms with van der Waals surface area (Å²) in [5.74, 6) is 0. The molecule has 0 unspecified atom stereocenters. The molecule has 1 aromatic carbocycles. The van der Waals surface area contributed by atoms with E-state index in [0.717, 1.165) is 5.56 Å². The van der Waals surface area contributed by atoms with Gasteiger partial charge in [0.1, 0.15) is 0 Å². The van der Waals surface area contributed by atoms with Crippen LogP contribution in [0.2, 0.25) is 0 Å². The summed E-state index contributed by atoms with van der Waals surface area (Å²) < 4.78 is 6.82. The Balaban J connectivity index is 2.83. The monoisotopic (exact) mass is 93.1 g/mol. The molecule has 0 N–H and O–H groups in total. The zero-order valence-corrected chi connectivity index (χ0v) is 3.96. The van der Waals surface area contributed by atoms with Gasteiger partial charge in [0, 0.05) is 1.37 Å². The van der Waals surface area contributed by atoms with Crippen LogP contribution in [0, 0.1) is 6.90 Å². The molecule has 0 nitrogen and oxygen atoms in total. The van der Waals surface area contributed by atoms with Crippen LogP contribution in [-0.4, -0.2) is 0 Å². The van der Waals surface area contributed by atoms with E-state index in [4.69, 9.17) is 1.37 Å². The van der Waals surface area contributed by atoms with Crippen LogP contribution in [0.1, 0.15) is 6.93 Å². The van der Waals surface area contributed by atoms with Gasteiger partial charge in [-0.05, 0) is 12.5 Å². The molecule has 7 heavy (non-hydrogen) atoms.